The number of halogens is 2. The number of carbonyl (C=O) groups excluding carboxylic acids is 1. The summed E-state index contributed by atoms with van der Waals surface area (Å²) in [5.41, 5.74) is 1.98. The van der Waals surface area contributed by atoms with Crippen molar-refractivity contribution in [2.75, 3.05) is 0 Å². The van der Waals surface area contributed by atoms with Gasteiger partial charge in [0.15, 0.2) is 5.78 Å². The minimum absolute atomic E-state index is 0.103. The molecule has 17 heavy (non-hydrogen) atoms. The van der Waals surface area contributed by atoms with Crippen LogP contribution < -0.4 is 0 Å². The van der Waals surface area contributed by atoms with Gasteiger partial charge in [0.25, 0.3) is 0 Å². The topological polar surface area (TPSA) is 17.1 Å². The number of thiophene rings is 1. The molecule has 0 aliphatic rings. The number of ketones is 1. The van der Waals surface area contributed by atoms with Crippen molar-refractivity contribution in [3.05, 3.63) is 55.1 Å². The van der Waals surface area contributed by atoms with E-state index in [0.717, 1.165) is 19.8 Å². The van der Waals surface area contributed by atoms with Crippen LogP contribution in [0.5, 0.6) is 0 Å². The van der Waals surface area contributed by atoms with Crippen molar-refractivity contribution in [3.8, 4) is 0 Å². The summed E-state index contributed by atoms with van der Waals surface area (Å²) in [7, 11) is 0. The van der Waals surface area contributed by atoms with Crippen molar-refractivity contribution in [3.63, 3.8) is 0 Å². The molecule has 0 bridgehead atoms. The fraction of sp³-hybridized carbons (Fsp3) is 0.154. The third-order valence-corrected chi connectivity index (χ3v) is 4.42. The zero-order valence-corrected chi connectivity index (χ0v) is 12.3. The van der Waals surface area contributed by atoms with Gasteiger partial charge in [-0.2, -0.15) is 0 Å². The van der Waals surface area contributed by atoms with Gasteiger partial charge in [-0.1, -0.05) is 23.7 Å². The average Bonchev–Trinajstić information content (AvgIpc) is 2.69. The second-order valence-electron chi connectivity index (χ2n) is 3.80. The van der Waals surface area contributed by atoms with Crippen LogP contribution in [0.2, 0.25) is 5.02 Å². The molecule has 4 heteroatoms. The molecule has 0 aliphatic carbocycles. The largest absolute Gasteiger partial charge is 0.293 e. The van der Waals surface area contributed by atoms with Crippen molar-refractivity contribution >= 4 is 44.7 Å². The van der Waals surface area contributed by atoms with Crippen LogP contribution in [0.1, 0.15) is 20.8 Å². The fourth-order valence-corrected chi connectivity index (χ4v) is 3.15. The first-order chi connectivity index (χ1) is 8.06. The van der Waals surface area contributed by atoms with E-state index >= 15 is 0 Å². The zero-order valence-electron chi connectivity index (χ0n) is 9.17. The Balaban J connectivity index is 2.18. The number of carbonyl (C=O) groups is 1. The van der Waals surface area contributed by atoms with Crippen molar-refractivity contribution in [1.29, 1.82) is 0 Å². The number of aryl methyl sites for hydroxylation is 1. The summed E-state index contributed by atoms with van der Waals surface area (Å²) < 4.78 is 0.968. The van der Waals surface area contributed by atoms with Gasteiger partial charge in [0, 0.05) is 11.4 Å². The number of benzene rings is 1. The third kappa shape index (κ3) is 3.18. The maximum atomic E-state index is 12.0. The van der Waals surface area contributed by atoms with Gasteiger partial charge in [0.2, 0.25) is 0 Å². The van der Waals surface area contributed by atoms with Gasteiger partial charge in [-0.3, -0.25) is 4.79 Å². The lowest BCUT2D eigenvalue weighted by Crippen LogP contribution is -2.01. The molecule has 1 aromatic heterocycles. The molecular formula is C13H10BrClOS. The van der Waals surface area contributed by atoms with Crippen LogP contribution >= 0.6 is 38.9 Å². The number of Topliss-reactive ketones (excluding diaryl/α,β-unsaturated/α-hetero) is 1. The van der Waals surface area contributed by atoms with E-state index in [1.165, 1.54) is 11.3 Å². The van der Waals surface area contributed by atoms with E-state index in [2.05, 4.69) is 15.9 Å². The van der Waals surface area contributed by atoms with Crippen molar-refractivity contribution in [1.82, 2.24) is 0 Å². The predicted molar refractivity (Wildman–Crippen MR) is 76.2 cm³/mol. The van der Waals surface area contributed by atoms with Crippen LogP contribution in [-0.2, 0) is 6.42 Å². The smallest absolute Gasteiger partial charge is 0.177 e. The highest BCUT2D eigenvalue weighted by Crippen LogP contribution is 2.25. The number of rotatable bonds is 3. The predicted octanol–water partition coefficient (Wildman–Crippen LogP) is 4.90. The molecule has 0 N–H and O–H groups in total. The second-order valence-corrected chi connectivity index (χ2v) is 6.67. The van der Waals surface area contributed by atoms with Crippen LogP contribution in [0.4, 0.5) is 0 Å². The minimum atomic E-state index is 0.103. The fourth-order valence-electron chi connectivity index (χ4n) is 1.52. The third-order valence-electron chi connectivity index (χ3n) is 2.41. The summed E-state index contributed by atoms with van der Waals surface area (Å²) in [5, 5.41) is 0.661. The number of hydrogen-bond donors (Lipinski definition) is 0. The molecule has 0 spiro atoms. The highest BCUT2D eigenvalue weighted by molar-refractivity contribution is 9.11. The summed E-state index contributed by atoms with van der Waals surface area (Å²) in [5.74, 6) is 0.103. The SMILES string of the molecule is Cc1ccc(CC(=O)c2ccc(Br)s2)c(Cl)c1. The normalized spacial score (nSPS) is 10.5. The molecule has 88 valence electrons. The molecule has 1 heterocycles. The van der Waals surface area contributed by atoms with Crippen molar-refractivity contribution < 1.29 is 4.79 Å². The van der Waals surface area contributed by atoms with Crippen LogP contribution in [0.25, 0.3) is 0 Å². The van der Waals surface area contributed by atoms with E-state index in [1.807, 2.05) is 37.3 Å². The van der Waals surface area contributed by atoms with E-state index in [0.29, 0.717) is 11.4 Å². The van der Waals surface area contributed by atoms with Gasteiger partial charge in [0.05, 0.1) is 8.66 Å². The summed E-state index contributed by atoms with van der Waals surface area (Å²) in [6, 6.07) is 9.49. The van der Waals surface area contributed by atoms with E-state index < -0.39 is 0 Å². The summed E-state index contributed by atoms with van der Waals surface area (Å²) >= 11 is 10.9. The Morgan fingerprint density at radius 3 is 2.71 bits per heavy atom. The highest BCUT2D eigenvalue weighted by Gasteiger charge is 2.11. The Morgan fingerprint density at radius 2 is 2.12 bits per heavy atom. The van der Waals surface area contributed by atoms with Gasteiger partial charge in [-0.05, 0) is 52.2 Å². The molecule has 0 fully saturated rings. The lowest BCUT2D eigenvalue weighted by atomic mass is 10.1. The summed E-state index contributed by atoms with van der Waals surface area (Å²) in [6.45, 7) is 1.98. The molecule has 0 aliphatic heterocycles. The minimum Gasteiger partial charge on any atom is -0.293 e. The first kappa shape index (κ1) is 12.8. The van der Waals surface area contributed by atoms with Gasteiger partial charge >= 0.3 is 0 Å². The van der Waals surface area contributed by atoms with E-state index in [1.54, 1.807) is 0 Å². The van der Waals surface area contributed by atoms with Crippen LogP contribution in [0, 0.1) is 6.92 Å². The average molecular weight is 330 g/mol. The molecule has 0 saturated heterocycles. The Kier molecular flexibility index (Phi) is 4.02. The molecule has 2 rings (SSSR count). The molecular weight excluding hydrogens is 320 g/mol. The highest BCUT2D eigenvalue weighted by atomic mass is 79.9. The maximum absolute atomic E-state index is 12.0. The van der Waals surface area contributed by atoms with Crippen molar-refractivity contribution in [2.24, 2.45) is 0 Å². The lowest BCUT2D eigenvalue weighted by Gasteiger charge is -2.03. The van der Waals surface area contributed by atoms with Gasteiger partial charge < -0.3 is 0 Å². The molecule has 2 aromatic rings. The van der Waals surface area contributed by atoms with Gasteiger partial charge in [0.1, 0.15) is 0 Å². The van der Waals surface area contributed by atoms with Gasteiger partial charge in [-0.25, -0.2) is 0 Å². The Hall–Kier alpha value is -0.640. The van der Waals surface area contributed by atoms with E-state index in [4.69, 9.17) is 11.6 Å². The Bertz CT molecular complexity index is 562. The second kappa shape index (κ2) is 5.34. The first-order valence-corrected chi connectivity index (χ1v) is 7.08. The molecule has 1 nitrogen and oxygen atoms in total. The van der Waals surface area contributed by atoms with Crippen LogP contribution in [0.3, 0.4) is 0 Å². The molecule has 0 radical (unpaired) electrons. The number of hydrogen-bond acceptors (Lipinski definition) is 2. The van der Waals surface area contributed by atoms with Crippen LogP contribution in [-0.4, -0.2) is 5.78 Å². The molecule has 1 aromatic carbocycles. The molecule has 0 saturated carbocycles. The quantitative estimate of drug-likeness (QED) is 0.732. The van der Waals surface area contributed by atoms with Crippen molar-refractivity contribution in [2.45, 2.75) is 13.3 Å². The van der Waals surface area contributed by atoms with E-state index in [9.17, 15) is 4.79 Å². The lowest BCUT2D eigenvalue weighted by molar-refractivity contribution is 0.0997. The summed E-state index contributed by atoms with van der Waals surface area (Å²) in [4.78, 5) is 12.8. The molecule has 0 unspecified atom stereocenters. The summed E-state index contributed by atoms with van der Waals surface area (Å²) in [6.07, 6.45) is 0.353. The first-order valence-electron chi connectivity index (χ1n) is 5.10. The Labute approximate surface area is 118 Å². The molecule has 0 amide bonds. The molecule has 0 atom stereocenters. The zero-order chi connectivity index (χ0) is 12.4. The van der Waals surface area contributed by atoms with Crippen LogP contribution in [0.15, 0.2) is 34.1 Å². The maximum Gasteiger partial charge on any atom is 0.177 e. The van der Waals surface area contributed by atoms with E-state index in [-0.39, 0.29) is 5.78 Å². The Morgan fingerprint density at radius 1 is 1.35 bits per heavy atom. The standard InChI is InChI=1S/C13H10BrClOS/c1-8-2-3-9(10(15)6-8)7-11(16)12-4-5-13(14)17-12/h2-6H,7H2,1H3. The van der Waals surface area contributed by atoms with Gasteiger partial charge in [-0.15, -0.1) is 11.3 Å². The monoisotopic (exact) mass is 328 g/mol.